The minimum Gasteiger partial charge on any atom is -0.296 e. The summed E-state index contributed by atoms with van der Waals surface area (Å²) in [5.74, 6) is 1.30. The van der Waals surface area contributed by atoms with Gasteiger partial charge in [-0.3, -0.25) is 14.1 Å². The number of rotatable bonds is 11. The quantitative estimate of drug-likeness (QED) is 0.250. The first-order chi connectivity index (χ1) is 18.7. The zero-order valence-electron chi connectivity index (χ0n) is 22.7. The molecule has 0 radical (unpaired) electrons. The molecule has 38 heavy (non-hydrogen) atoms. The first-order valence-corrected chi connectivity index (χ1v) is 14.2. The van der Waals surface area contributed by atoms with Crippen LogP contribution >= 0.6 is 0 Å². The van der Waals surface area contributed by atoms with E-state index in [1.165, 1.54) is 50.6 Å². The number of unbranched alkanes of at least 4 members (excludes halogenated alkanes) is 2. The highest BCUT2D eigenvalue weighted by Crippen LogP contribution is 2.29. The summed E-state index contributed by atoms with van der Waals surface area (Å²) in [6.07, 6.45) is 14.0. The Bertz CT molecular complexity index is 1360. The number of hydrogen-bond donors (Lipinski definition) is 1. The van der Waals surface area contributed by atoms with E-state index in [-0.39, 0.29) is 5.69 Å². The van der Waals surface area contributed by atoms with Crippen molar-refractivity contribution in [3.8, 4) is 22.6 Å². The molecule has 0 aliphatic heterocycles. The summed E-state index contributed by atoms with van der Waals surface area (Å²) in [7, 11) is 0. The van der Waals surface area contributed by atoms with E-state index in [0.717, 1.165) is 59.8 Å². The molecule has 200 valence electrons. The van der Waals surface area contributed by atoms with Crippen molar-refractivity contribution in [2.75, 3.05) is 0 Å². The van der Waals surface area contributed by atoms with Crippen LogP contribution in [-0.4, -0.2) is 34.7 Å². The molecule has 3 aromatic heterocycles. The molecular weight excluding hydrogens is 474 g/mol. The first-order valence-electron chi connectivity index (χ1n) is 14.2. The molecule has 3 heterocycles. The van der Waals surface area contributed by atoms with Gasteiger partial charge in [-0.15, -0.1) is 10.2 Å². The van der Waals surface area contributed by atoms with Crippen molar-refractivity contribution in [1.82, 2.24) is 34.7 Å². The van der Waals surface area contributed by atoms with Crippen LogP contribution in [0.3, 0.4) is 0 Å². The van der Waals surface area contributed by atoms with Crippen molar-refractivity contribution >= 4 is 0 Å². The Balaban J connectivity index is 1.39. The summed E-state index contributed by atoms with van der Waals surface area (Å²) in [6, 6.07) is 12.0. The number of hydrogen-bond acceptors (Lipinski definition) is 5. The molecule has 8 nitrogen and oxygen atoms in total. The van der Waals surface area contributed by atoms with Crippen LogP contribution in [0, 0.1) is 12.8 Å². The van der Waals surface area contributed by atoms with Gasteiger partial charge in [-0.05, 0) is 48.9 Å². The molecule has 8 heteroatoms. The number of aromatic nitrogens is 7. The van der Waals surface area contributed by atoms with Gasteiger partial charge in [0.2, 0.25) is 5.82 Å². The van der Waals surface area contributed by atoms with Crippen molar-refractivity contribution < 1.29 is 0 Å². The highest BCUT2D eigenvalue weighted by atomic mass is 16.1. The first kappa shape index (κ1) is 26.1. The normalized spacial score (nSPS) is 14.3. The SMILES string of the molecule is CCCCCc1c(C)n(CCC2CCCCC2)c(=O)n1Cc1ccc(-c2ccccc2-c2nn[nH]n2)nc1. The number of tetrazole rings is 1. The van der Waals surface area contributed by atoms with E-state index in [1.807, 2.05) is 45.7 Å². The summed E-state index contributed by atoms with van der Waals surface area (Å²) >= 11 is 0. The Kier molecular flexibility index (Phi) is 8.46. The van der Waals surface area contributed by atoms with Crippen LogP contribution in [0.2, 0.25) is 0 Å². The summed E-state index contributed by atoms with van der Waals surface area (Å²) in [5.41, 5.74) is 6.12. The molecule has 1 aromatic carbocycles. The third kappa shape index (κ3) is 5.79. The van der Waals surface area contributed by atoms with Crippen molar-refractivity contribution in [3.05, 3.63) is 70.0 Å². The van der Waals surface area contributed by atoms with Gasteiger partial charge in [0.15, 0.2) is 0 Å². The van der Waals surface area contributed by atoms with Gasteiger partial charge < -0.3 is 0 Å². The molecule has 5 rings (SSSR count). The van der Waals surface area contributed by atoms with E-state index in [4.69, 9.17) is 4.98 Å². The molecule has 0 unspecified atom stereocenters. The molecule has 0 amide bonds. The largest absolute Gasteiger partial charge is 0.328 e. The Morgan fingerprint density at radius 1 is 1.00 bits per heavy atom. The number of nitrogens with one attached hydrogen (secondary N) is 1. The number of nitrogens with zero attached hydrogens (tertiary/aromatic N) is 6. The third-order valence-electron chi connectivity index (χ3n) is 8.07. The molecule has 4 aromatic rings. The van der Waals surface area contributed by atoms with Crippen molar-refractivity contribution in [2.45, 2.75) is 91.1 Å². The number of aromatic amines is 1. The summed E-state index contributed by atoms with van der Waals surface area (Å²) < 4.78 is 4.04. The average Bonchev–Trinajstić information content (AvgIpc) is 3.57. The topological polar surface area (TPSA) is 94.3 Å². The molecule has 1 fully saturated rings. The Hall–Kier alpha value is -3.55. The number of H-pyrrole nitrogens is 1. The molecule has 0 bridgehead atoms. The fourth-order valence-corrected chi connectivity index (χ4v) is 5.87. The zero-order chi connectivity index (χ0) is 26.3. The monoisotopic (exact) mass is 513 g/mol. The van der Waals surface area contributed by atoms with Crippen molar-refractivity contribution in [1.29, 1.82) is 0 Å². The van der Waals surface area contributed by atoms with Gasteiger partial charge in [0.05, 0.1) is 12.2 Å². The minimum atomic E-state index is 0.122. The molecule has 1 saturated carbocycles. The lowest BCUT2D eigenvalue weighted by Crippen LogP contribution is -2.27. The summed E-state index contributed by atoms with van der Waals surface area (Å²) in [4.78, 5) is 18.4. The van der Waals surface area contributed by atoms with Gasteiger partial charge in [0.1, 0.15) is 0 Å². The number of pyridine rings is 1. The highest BCUT2D eigenvalue weighted by Gasteiger charge is 2.20. The van der Waals surface area contributed by atoms with Crippen LogP contribution in [0.25, 0.3) is 22.6 Å². The van der Waals surface area contributed by atoms with E-state index in [1.54, 1.807) is 0 Å². The lowest BCUT2D eigenvalue weighted by atomic mass is 9.87. The molecule has 0 saturated heterocycles. The van der Waals surface area contributed by atoms with Crippen LogP contribution in [0.4, 0.5) is 0 Å². The smallest absolute Gasteiger partial charge is 0.296 e. The lowest BCUT2D eigenvalue weighted by Gasteiger charge is -2.21. The van der Waals surface area contributed by atoms with Crippen LogP contribution in [0.15, 0.2) is 47.4 Å². The van der Waals surface area contributed by atoms with E-state index in [0.29, 0.717) is 12.4 Å². The second kappa shape index (κ2) is 12.3. The van der Waals surface area contributed by atoms with Gasteiger partial charge in [0.25, 0.3) is 0 Å². The third-order valence-corrected chi connectivity index (χ3v) is 8.07. The molecule has 1 N–H and O–H groups in total. The molecule has 0 atom stereocenters. The van der Waals surface area contributed by atoms with Gasteiger partial charge in [-0.25, -0.2) is 4.79 Å². The Labute approximate surface area is 224 Å². The van der Waals surface area contributed by atoms with Gasteiger partial charge in [-0.1, -0.05) is 82.2 Å². The second-order valence-corrected chi connectivity index (χ2v) is 10.6. The van der Waals surface area contributed by atoms with Gasteiger partial charge >= 0.3 is 5.69 Å². The predicted octanol–water partition coefficient (Wildman–Crippen LogP) is 5.95. The fraction of sp³-hybridized carbons (Fsp3) is 0.500. The molecule has 1 aliphatic carbocycles. The summed E-state index contributed by atoms with van der Waals surface area (Å²) in [5, 5.41) is 14.5. The maximum absolute atomic E-state index is 13.7. The van der Waals surface area contributed by atoms with Crippen LogP contribution in [-0.2, 0) is 19.5 Å². The standard InChI is InChI=1S/C30H39N7O/c1-3-4-6-15-28-22(2)36(19-18-23-11-7-5-8-12-23)30(38)37(28)21-24-16-17-27(31-20-24)25-13-9-10-14-26(25)29-32-34-35-33-29/h9-10,13-14,16-17,20,23H,3-8,11-12,15,18-19,21H2,1-2H3,(H,32,33,34,35). The molecule has 0 spiro atoms. The lowest BCUT2D eigenvalue weighted by molar-refractivity contribution is 0.321. The van der Waals surface area contributed by atoms with E-state index >= 15 is 0 Å². The zero-order valence-corrected chi connectivity index (χ0v) is 22.7. The van der Waals surface area contributed by atoms with Crippen LogP contribution in [0.5, 0.6) is 0 Å². The predicted molar refractivity (Wildman–Crippen MR) is 150 cm³/mol. The molecular formula is C30H39N7O. The minimum absolute atomic E-state index is 0.122. The Morgan fingerprint density at radius 2 is 1.82 bits per heavy atom. The number of imidazole rings is 1. The van der Waals surface area contributed by atoms with Crippen molar-refractivity contribution in [3.63, 3.8) is 0 Å². The van der Waals surface area contributed by atoms with Gasteiger partial charge in [0, 0.05) is 35.3 Å². The van der Waals surface area contributed by atoms with Crippen LogP contribution < -0.4 is 5.69 Å². The summed E-state index contributed by atoms with van der Waals surface area (Å²) in [6.45, 7) is 5.72. The van der Waals surface area contributed by atoms with E-state index < -0.39 is 0 Å². The average molecular weight is 514 g/mol. The maximum Gasteiger partial charge on any atom is 0.328 e. The van der Waals surface area contributed by atoms with Gasteiger partial charge in [-0.2, -0.15) is 5.21 Å². The maximum atomic E-state index is 13.7. The van der Waals surface area contributed by atoms with Crippen LogP contribution in [0.1, 0.15) is 81.7 Å². The number of benzene rings is 1. The van der Waals surface area contributed by atoms with E-state index in [2.05, 4.69) is 40.5 Å². The molecule has 1 aliphatic rings. The highest BCUT2D eigenvalue weighted by molar-refractivity contribution is 5.78. The van der Waals surface area contributed by atoms with E-state index in [9.17, 15) is 4.79 Å². The fourth-order valence-electron chi connectivity index (χ4n) is 5.87. The van der Waals surface area contributed by atoms with Crippen molar-refractivity contribution in [2.24, 2.45) is 5.92 Å². The second-order valence-electron chi connectivity index (χ2n) is 10.6. The Morgan fingerprint density at radius 3 is 2.53 bits per heavy atom.